The van der Waals surface area contributed by atoms with Crippen LogP contribution in [0, 0.1) is 0 Å². The van der Waals surface area contributed by atoms with Gasteiger partial charge >= 0.3 is 6.61 Å². The van der Waals surface area contributed by atoms with Crippen molar-refractivity contribution < 1.29 is 18.3 Å². The molecule has 0 fully saturated rings. The number of rotatable bonds is 3. The van der Waals surface area contributed by atoms with Gasteiger partial charge in [-0.05, 0) is 6.07 Å². The molecule has 76 valence electrons. The maximum absolute atomic E-state index is 11.8. The fraction of sp³-hybridized carbons (Fsp3) is 0.143. The van der Waals surface area contributed by atoms with Crippen LogP contribution in [-0.2, 0) is 0 Å². The lowest BCUT2D eigenvalue weighted by Gasteiger charge is -2.06. The Bertz CT molecular complexity index is 357. The summed E-state index contributed by atoms with van der Waals surface area (Å²) in [6, 6.07) is 1.12. The van der Waals surface area contributed by atoms with Crippen molar-refractivity contribution in [2.75, 3.05) is 5.73 Å². The first-order valence-electron chi connectivity index (χ1n) is 3.51. The van der Waals surface area contributed by atoms with E-state index in [1.54, 1.807) is 0 Å². The number of amides is 1. The first-order chi connectivity index (χ1) is 6.50. The number of aromatic nitrogens is 1. The first kappa shape index (κ1) is 10.2. The Kier molecular flexibility index (Phi) is 2.80. The average Bonchev–Trinajstić information content (AvgIpc) is 2.07. The van der Waals surface area contributed by atoms with Gasteiger partial charge in [0.15, 0.2) is 0 Å². The van der Waals surface area contributed by atoms with Crippen LogP contribution >= 0.6 is 0 Å². The number of anilines is 1. The van der Waals surface area contributed by atoms with Crippen molar-refractivity contribution in [3.8, 4) is 5.88 Å². The van der Waals surface area contributed by atoms with Gasteiger partial charge in [-0.3, -0.25) is 4.79 Å². The number of alkyl halides is 2. The van der Waals surface area contributed by atoms with Crippen LogP contribution in [0.25, 0.3) is 0 Å². The van der Waals surface area contributed by atoms with Crippen LogP contribution in [0.1, 0.15) is 10.4 Å². The van der Waals surface area contributed by atoms with Gasteiger partial charge in [0, 0.05) is 0 Å². The predicted molar refractivity (Wildman–Crippen MR) is 43.8 cm³/mol. The SMILES string of the molecule is NC(=O)c1cc(N)cnc1OC(F)F. The zero-order chi connectivity index (χ0) is 10.7. The van der Waals surface area contributed by atoms with E-state index in [1.165, 1.54) is 0 Å². The number of nitrogen functional groups attached to an aromatic ring is 1. The minimum absolute atomic E-state index is 0.139. The first-order valence-corrected chi connectivity index (χ1v) is 3.51. The molecule has 0 aliphatic heterocycles. The van der Waals surface area contributed by atoms with E-state index in [0.29, 0.717) is 0 Å². The van der Waals surface area contributed by atoms with Crippen LogP contribution in [0.15, 0.2) is 12.3 Å². The van der Waals surface area contributed by atoms with Crippen LogP contribution in [-0.4, -0.2) is 17.5 Å². The number of carbonyl (C=O) groups excluding carboxylic acids is 1. The highest BCUT2D eigenvalue weighted by Crippen LogP contribution is 2.18. The van der Waals surface area contributed by atoms with Gasteiger partial charge in [0.2, 0.25) is 5.88 Å². The second-order valence-corrected chi connectivity index (χ2v) is 2.36. The number of hydrogen-bond acceptors (Lipinski definition) is 4. The van der Waals surface area contributed by atoms with Crippen LogP contribution in [0.2, 0.25) is 0 Å². The second-order valence-electron chi connectivity index (χ2n) is 2.36. The highest BCUT2D eigenvalue weighted by atomic mass is 19.3. The third kappa shape index (κ3) is 2.28. The molecule has 0 aliphatic carbocycles. The fourth-order valence-corrected chi connectivity index (χ4v) is 0.823. The number of nitrogens with two attached hydrogens (primary N) is 2. The van der Waals surface area contributed by atoms with E-state index >= 15 is 0 Å². The van der Waals surface area contributed by atoms with E-state index in [-0.39, 0.29) is 11.3 Å². The van der Waals surface area contributed by atoms with Gasteiger partial charge in [-0.1, -0.05) is 0 Å². The Balaban J connectivity index is 3.08. The minimum Gasteiger partial charge on any atom is -0.416 e. The Labute approximate surface area is 77.7 Å². The summed E-state index contributed by atoms with van der Waals surface area (Å²) in [6.45, 7) is -3.07. The molecule has 0 saturated heterocycles. The summed E-state index contributed by atoms with van der Waals surface area (Å²) in [4.78, 5) is 14.2. The molecule has 1 aromatic rings. The van der Waals surface area contributed by atoms with Crippen molar-refractivity contribution in [2.24, 2.45) is 5.73 Å². The second kappa shape index (κ2) is 3.86. The van der Waals surface area contributed by atoms with Gasteiger partial charge in [-0.25, -0.2) is 4.98 Å². The van der Waals surface area contributed by atoms with E-state index in [0.717, 1.165) is 12.3 Å². The topological polar surface area (TPSA) is 91.2 Å². The molecule has 7 heteroatoms. The molecule has 1 aromatic heterocycles. The third-order valence-corrected chi connectivity index (χ3v) is 1.34. The largest absolute Gasteiger partial charge is 0.416 e. The van der Waals surface area contributed by atoms with Crippen molar-refractivity contribution in [1.82, 2.24) is 4.98 Å². The van der Waals surface area contributed by atoms with Gasteiger partial charge in [-0.2, -0.15) is 8.78 Å². The number of halogens is 2. The summed E-state index contributed by atoms with van der Waals surface area (Å²) in [5.41, 5.74) is 10.0. The number of hydrogen-bond donors (Lipinski definition) is 2. The molecule has 0 saturated carbocycles. The lowest BCUT2D eigenvalue weighted by molar-refractivity contribution is -0.0531. The molecule has 0 bridgehead atoms. The normalized spacial score (nSPS) is 10.2. The van der Waals surface area contributed by atoms with Gasteiger partial charge in [0.1, 0.15) is 5.56 Å². The molecular formula is C7H7F2N3O2. The summed E-state index contributed by atoms with van der Waals surface area (Å²) in [5, 5.41) is 0. The Morgan fingerprint density at radius 2 is 2.21 bits per heavy atom. The smallest absolute Gasteiger partial charge is 0.388 e. The van der Waals surface area contributed by atoms with Crippen molar-refractivity contribution >= 4 is 11.6 Å². The molecule has 0 aromatic carbocycles. The van der Waals surface area contributed by atoms with Gasteiger partial charge < -0.3 is 16.2 Å². The molecule has 14 heavy (non-hydrogen) atoms. The summed E-state index contributed by atoms with van der Waals surface area (Å²) >= 11 is 0. The number of pyridine rings is 1. The standard InChI is InChI=1S/C7H7F2N3O2/c8-7(9)14-6-4(5(11)13)1-3(10)2-12-6/h1-2,7H,10H2,(H2,11,13). The molecule has 0 radical (unpaired) electrons. The summed E-state index contributed by atoms with van der Waals surface area (Å²) in [5.74, 6) is -1.46. The lowest BCUT2D eigenvalue weighted by atomic mass is 10.2. The van der Waals surface area contributed by atoms with E-state index in [9.17, 15) is 13.6 Å². The molecule has 0 aliphatic rings. The van der Waals surface area contributed by atoms with Crippen molar-refractivity contribution in [3.63, 3.8) is 0 Å². The zero-order valence-electron chi connectivity index (χ0n) is 6.91. The van der Waals surface area contributed by atoms with Crippen LogP contribution in [0.3, 0.4) is 0 Å². The van der Waals surface area contributed by atoms with Crippen LogP contribution in [0.5, 0.6) is 5.88 Å². The van der Waals surface area contributed by atoms with Gasteiger partial charge in [0.05, 0.1) is 11.9 Å². The molecule has 0 spiro atoms. The van der Waals surface area contributed by atoms with E-state index < -0.39 is 18.4 Å². The molecule has 5 nitrogen and oxygen atoms in total. The number of nitrogens with zero attached hydrogens (tertiary/aromatic N) is 1. The highest BCUT2D eigenvalue weighted by Gasteiger charge is 2.15. The Morgan fingerprint density at radius 1 is 1.57 bits per heavy atom. The third-order valence-electron chi connectivity index (χ3n) is 1.34. The summed E-state index contributed by atoms with van der Waals surface area (Å²) in [6.07, 6.45) is 1.09. The zero-order valence-corrected chi connectivity index (χ0v) is 6.91. The quantitative estimate of drug-likeness (QED) is 0.742. The van der Waals surface area contributed by atoms with E-state index in [4.69, 9.17) is 11.5 Å². The monoisotopic (exact) mass is 203 g/mol. The molecule has 1 amide bonds. The van der Waals surface area contributed by atoms with E-state index in [2.05, 4.69) is 9.72 Å². The molecular weight excluding hydrogens is 196 g/mol. The van der Waals surface area contributed by atoms with Crippen molar-refractivity contribution in [3.05, 3.63) is 17.8 Å². The molecule has 0 unspecified atom stereocenters. The predicted octanol–water partition coefficient (Wildman–Crippen LogP) is 0.364. The van der Waals surface area contributed by atoms with Crippen molar-refractivity contribution in [2.45, 2.75) is 6.61 Å². The number of primary amides is 1. The maximum Gasteiger partial charge on any atom is 0.388 e. The number of ether oxygens (including phenoxy) is 1. The number of carbonyl (C=O) groups is 1. The fourth-order valence-electron chi connectivity index (χ4n) is 0.823. The highest BCUT2D eigenvalue weighted by molar-refractivity contribution is 5.95. The lowest BCUT2D eigenvalue weighted by Crippen LogP contribution is -2.16. The molecule has 4 N–H and O–H groups in total. The molecule has 0 atom stereocenters. The van der Waals surface area contributed by atoms with Gasteiger partial charge in [-0.15, -0.1) is 0 Å². The Hall–Kier alpha value is -1.92. The van der Waals surface area contributed by atoms with E-state index in [1.807, 2.05) is 0 Å². The average molecular weight is 203 g/mol. The maximum atomic E-state index is 11.8. The van der Waals surface area contributed by atoms with Crippen LogP contribution < -0.4 is 16.2 Å². The summed E-state index contributed by atoms with van der Waals surface area (Å²) < 4.78 is 27.6. The van der Waals surface area contributed by atoms with Gasteiger partial charge in [0.25, 0.3) is 5.91 Å². The van der Waals surface area contributed by atoms with Crippen LogP contribution in [0.4, 0.5) is 14.5 Å². The minimum atomic E-state index is -3.07. The Morgan fingerprint density at radius 3 is 2.71 bits per heavy atom. The molecule has 1 heterocycles. The molecule has 1 rings (SSSR count). The van der Waals surface area contributed by atoms with Crippen molar-refractivity contribution in [1.29, 1.82) is 0 Å². The summed E-state index contributed by atoms with van der Waals surface area (Å²) in [7, 11) is 0.